The number of likely N-dealkylation sites (N-methyl/N-ethyl adjacent to an activating group) is 1. The number of carbonyl (C=O) groups is 1. The number of hydrogen-bond donors (Lipinski definition) is 2. The SMILES string of the molecule is CNC(C(=O)NCc1cn2cc(C)ccc2n1)c1cnn(C)c1. The molecule has 0 aromatic carbocycles. The van der Waals surface area contributed by atoms with Gasteiger partial charge in [-0.3, -0.25) is 9.48 Å². The van der Waals surface area contributed by atoms with Gasteiger partial charge in [-0.1, -0.05) is 6.07 Å². The first kappa shape index (κ1) is 15.2. The normalized spacial score (nSPS) is 12.5. The molecule has 0 spiro atoms. The van der Waals surface area contributed by atoms with E-state index in [1.165, 1.54) is 0 Å². The highest BCUT2D eigenvalue weighted by Gasteiger charge is 2.20. The topological polar surface area (TPSA) is 76.2 Å². The Labute approximate surface area is 134 Å². The van der Waals surface area contributed by atoms with Gasteiger partial charge in [0.15, 0.2) is 0 Å². The minimum atomic E-state index is -0.428. The summed E-state index contributed by atoms with van der Waals surface area (Å²) in [5.41, 5.74) is 3.69. The molecule has 120 valence electrons. The van der Waals surface area contributed by atoms with Crippen LogP contribution in [0, 0.1) is 6.92 Å². The molecule has 1 unspecified atom stereocenters. The van der Waals surface area contributed by atoms with Crippen LogP contribution in [0.25, 0.3) is 5.65 Å². The summed E-state index contributed by atoms with van der Waals surface area (Å²) in [5, 5.41) is 10.0. The van der Waals surface area contributed by atoms with E-state index in [0.717, 1.165) is 22.5 Å². The third-order valence-electron chi connectivity index (χ3n) is 3.70. The van der Waals surface area contributed by atoms with Crippen molar-refractivity contribution >= 4 is 11.6 Å². The maximum atomic E-state index is 12.4. The van der Waals surface area contributed by atoms with Crippen LogP contribution >= 0.6 is 0 Å². The van der Waals surface area contributed by atoms with Gasteiger partial charge in [0.05, 0.1) is 18.4 Å². The van der Waals surface area contributed by atoms with Crippen molar-refractivity contribution in [2.75, 3.05) is 7.05 Å². The number of amides is 1. The monoisotopic (exact) mass is 312 g/mol. The molecule has 1 amide bonds. The number of carbonyl (C=O) groups excluding carboxylic acids is 1. The molecule has 3 heterocycles. The van der Waals surface area contributed by atoms with E-state index in [-0.39, 0.29) is 5.91 Å². The van der Waals surface area contributed by atoms with Gasteiger partial charge in [-0.25, -0.2) is 4.98 Å². The van der Waals surface area contributed by atoms with Crippen LogP contribution in [0.2, 0.25) is 0 Å². The molecule has 0 saturated carbocycles. The predicted octanol–water partition coefficient (Wildman–Crippen LogP) is 0.953. The Kier molecular flexibility index (Phi) is 4.12. The van der Waals surface area contributed by atoms with Crippen molar-refractivity contribution in [1.82, 2.24) is 29.8 Å². The van der Waals surface area contributed by atoms with Crippen LogP contribution in [-0.4, -0.2) is 32.1 Å². The molecule has 3 aromatic rings. The van der Waals surface area contributed by atoms with Crippen LogP contribution in [0.15, 0.2) is 36.9 Å². The second kappa shape index (κ2) is 6.21. The summed E-state index contributed by atoms with van der Waals surface area (Å²) >= 11 is 0. The number of imidazole rings is 1. The summed E-state index contributed by atoms with van der Waals surface area (Å²) in [6.45, 7) is 2.42. The Balaban J connectivity index is 1.69. The van der Waals surface area contributed by atoms with Gasteiger partial charge >= 0.3 is 0 Å². The second-order valence-corrected chi connectivity index (χ2v) is 5.59. The minimum Gasteiger partial charge on any atom is -0.349 e. The van der Waals surface area contributed by atoms with Crippen molar-refractivity contribution in [1.29, 1.82) is 0 Å². The summed E-state index contributed by atoms with van der Waals surface area (Å²) in [6, 6.07) is 3.56. The standard InChI is InChI=1S/C16H20N6O/c1-11-4-5-14-20-13(10-22(14)8-11)7-18-16(23)15(17-2)12-6-19-21(3)9-12/h4-6,8-10,15,17H,7H2,1-3H3,(H,18,23). The molecule has 0 bridgehead atoms. The molecule has 0 aliphatic rings. The molecule has 7 nitrogen and oxygen atoms in total. The molecule has 2 N–H and O–H groups in total. The molecular formula is C16H20N6O. The van der Waals surface area contributed by atoms with Gasteiger partial charge in [-0.05, 0) is 25.6 Å². The number of nitrogens with one attached hydrogen (secondary N) is 2. The zero-order valence-electron chi connectivity index (χ0n) is 13.4. The average Bonchev–Trinajstić information content (AvgIpc) is 3.11. The predicted molar refractivity (Wildman–Crippen MR) is 86.8 cm³/mol. The van der Waals surface area contributed by atoms with E-state index < -0.39 is 6.04 Å². The van der Waals surface area contributed by atoms with Crippen molar-refractivity contribution < 1.29 is 4.79 Å². The number of pyridine rings is 1. The first-order valence-electron chi connectivity index (χ1n) is 7.44. The molecule has 3 aromatic heterocycles. The highest BCUT2D eigenvalue weighted by atomic mass is 16.2. The molecule has 0 saturated heterocycles. The largest absolute Gasteiger partial charge is 0.349 e. The summed E-state index contributed by atoms with van der Waals surface area (Å²) in [5.74, 6) is -0.103. The lowest BCUT2D eigenvalue weighted by Crippen LogP contribution is -2.35. The quantitative estimate of drug-likeness (QED) is 0.735. The van der Waals surface area contributed by atoms with Crippen molar-refractivity contribution in [2.45, 2.75) is 19.5 Å². The van der Waals surface area contributed by atoms with Gasteiger partial charge in [0.25, 0.3) is 0 Å². The fourth-order valence-corrected chi connectivity index (χ4v) is 2.56. The zero-order chi connectivity index (χ0) is 16.4. The molecule has 0 aliphatic heterocycles. The highest BCUT2D eigenvalue weighted by molar-refractivity contribution is 5.82. The molecule has 1 atom stereocenters. The minimum absolute atomic E-state index is 0.103. The van der Waals surface area contributed by atoms with Crippen LogP contribution in [0.3, 0.4) is 0 Å². The molecular weight excluding hydrogens is 292 g/mol. The number of fused-ring (bicyclic) bond motifs is 1. The van der Waals surface area contributed by atoms with E-state index in [1.54, 1.807) is 17.9 Å². The average molecular weight is 312 g/mol. The number of aryl methyl sites for hydroxylation is 2. The van der Waals surface area contributed by atoms with Gasteiger partial charge in [-0.2, -0.15) is 5.10 Å². The summed E-state index contributed by atoms with van der Waals surface area (Å²) in [4.78, 5) is 16.9. The molecule has 0 radical (unpaired) electrons. The molecule has 3 rings (SSSR count). The molecule has 0 aliphatic carbocycles. The molecule has 23 heavy (non-hydrogen) atoms. The number of nitrogens with zero attached hydrogens (tertiary/aromatic N) is 4. The molecule has 7 heteroatoms. The van der Waals surface area contributed by atoms with Crippen molar-refractivity contribution in [3.8, 4) is 0 Å². The lowest BCUT2D eigenvalue weighted by molar-refractivity contribution is -0.123. The fraction of sp³-hybridized carbons (Fsp3) is 0.312. The van der Waals surface area contributed by atoms with Crippen molar-refractivity contribution in [3.05, 3.63) is 53.7 Å². The van der Waals surface area contributed by atoms with E-state index in [1.807, 2.05) is 49.1 Å². The number of aromatic nitrogens is 4. The zero-order valence-corrected chi connectivity index (χ0v) is 13.4. The van der Waals surface area contributed by atoms with Gasteiger partial charge in [0.2, 0.25) is 5.91 Å². The summed E-state index contributed by atoms with van der Waals surface area (Å²) < 4.78 is 3.64. The van der Waals surface area contributed by atoms with Crippen molar-refractivity contribution in [2.24, 2.45) is 7.05 Å². The van der Waals surface area contributed by atoms with Crippen molar-refractivity contribution in [3.63, 3.8) is 0 Å². The van der Waals surface area contributed by atoms with Crippen LogP contribution in [-0.2, 0) is 18.4 Å². The van der Waals surface area contributed by atoms with Crippen LogP contribution in [0.5, 0.6) is 0 Å². The van der Waals surface area contributed by atoms with Crippen LogP contribution in [0.4, 0.5) is 0 Å². The van der Waals surface area contributed by atoms with Crippen LogP contribution in [0.1, 0.15) is 22.9 Å². The fourth-order valence-electron chi connectivity index (χ4n) is 2.56. The van der Waals surface area contributed by atoms with Gasteiger partial charge in [0, 0.05) is 31.2 Å². The van der Waals surface area contributed by atoms with E-state index in [0.29, 0.717) is 6.54 Å². The lowest BCUT2D eigenvalue weighted by atomic mass is 10.1. The summed E-state index contributed by atoms with van der Waals surface area (Å²) in [6.07, 6.45) is 7.46. The second-order valence-electron chi connectivity index (χ2n) is 5.59. The Morgan fingerprint density at radius 1 is 1.30 bits per heavy atom. The van der Waals surface area contributed by atoms with Gasteiger partial charge < -0.3 is 15.0 Å². The first-order chi connectivity index (χ1) is 11.1. The number of rotatable bonds is 5. The highest BCUT2D eigenvalue weighted by Crippen LogP contribution is 2.12. The Morgan fingerprint density at radius 2 is 2.13 bits per heavy atom. The first-order valence-corrected chi connectivity index (χ1v) is 7.44. The Morgan fingerprint density at radius 3 is 2.83 bits per heavy atom. The van der Waals surface area contributed by atoms with E-state index in [9.17, 15) is 4.79 Å². The maximum Gasteiger partial charge on any atom is 0.242 e. The van der Waals surface area contributed by atoms with Gasteiger partial charge in [0.1, 0.15) is 11.7 Å². The van der Waals surface area contributed by atoms with Gasteiger partial charge in [-0.15, -0.1) is 0 Å². The summed E-state index contributed by atoms with van der Waals surface area (Å²) in [7, 11) is 3.58. The number of hydrogen-bond acceptors (Lipinski definition) is 4. The Hall–Kier alpha value is -2.67. The van der Waals surface area contributed by atoms with E-state index >= 15 is 0 Å². The third-order valence-corrected chi connectivity index (χ3v) is 3.70. The van der Waals surface area contributed by atoms with Crippen LogP contribution < -0.4 is 10.6 Å². The lowest BCUT2D eigenvalue weighted by Gasteiger charge is -2.13. The maximum absolute atomic E-state index is 12.4. The smallest absolute Gasteiger partial charge is 0.242 e. The third kappa shape index (κ3) is 3.24. The Bertz CT molecular complexity index is 834. The molecule has 0 fully saturated rings. The van der Waals surface area contributed by atoms with E-state index in [4.69, 9.17) is 0 Å². The van der Waals surface area contributed by atoms with E-state index in [2.05, 4.69) is 20.7 Å².